The van der Waals surface area contributed by atoms with Crippen molar-refractivity contribution in [1.29, 1.82) is 0 Å². The van der Waals surface area contributed by atoms with Gasteiger partial charge in [0.25, 0.3) is 5.91 Å². The van der Waals surface area contributed by atoms with E-state index in [0.717, 1.165) is 5.56 Å². The largest absolute Gasteiger partial charge is 0.398 e. The minimum absolute atomic E-state index is 0.0867. The second-order valence-corrected chi connectivity index (χ2v) is 4.55. The van der Waals surface area contributed by atoms with Crippen molar-refractivity contribution >= 4 is 11.6 Å². The Morgan fingerprint density at radius 3 is 2.71 bits per heavy atom. The lowest BCUT2D eigenvalue weighted by molar-refractivity contribution is 0.0847. The zero-order valence-electron chi connectivity index (χ0n) is 10.6. The number of hydrogen-bond donors (Lipinski definition) is 3. The third-order valence-corrected chi connectivity index (χ3v) is 3.16. The predicted octanol–water partition coefficient (Wildman–Crippen LogP) is 1.47. The molecule has 1 rings (SSSR count). The van der Waals surface area contributed by atoms with E-state index in [0.29, 0.717) is 17.7 Å². The van der Waals surface area contributed by atoms with Crippen molar-refractivity contribution in [3.05, 3.63) is 29.3 Å². The molecular weight excluding hydrogens is 216 g/mol. The van der Waals surface area contributed by atoms with Crippen LogP contribution in [0.2, 0.25) is 0 Å². The van der Waals surface area contributed by atoms with Gasteiger partial charge in [-0.05, 0) is 38.0 Å². The molecule has 94 valence electrons. The molecule has 0 saturated carbocycles. The van der Waals surface area contributed by atoms with Crippen LogP contribution >= 0.6 is 0 Å². The van der Waals surface area contributed by atoms with Crippen molar-refractivity contribution in [3.63, 3.8) is 0 Å². The molecule has 0 radical (unpaired) electrons. The highest BCUT2D eigenvalue weighted by Gasteiger charge is 2.24. The van der Waals surface area contributed by atoms with Crippen LogP contribution in [0.3, 0.4) is 0 Å². The standard InChI is InChI=1S/C13H20N2O2/c1-4-13(3,8-16)15-12(17)10-6-5-7-11(14)9(10)2/h5-7,16H,4,8,14H2,1-3H3,(H,15,17). The fraction of sp³-hybridized carbons (Fsp3) is 0.462. The van der Waals surface area contributed by atoms with E-state index in [-0.39, 0.29) is 12.5 Å². The normalized spacial score (nSPS) is 14.1. The van der Waals surface area contributed by atoms with Crippen LogP contribution in [-0.4, -0.2) is 23.2 Å². The Balaban J connectivity index is 2.94. The third kappa shape index (κ3) is 2.97. The molecular formula is C13H20N2O2. The van der Waals surface area contributed by atoms with Crippen molar-refractivity contribution in [2.24, 2.45) is 0 Å². The summed E-state index contributed by atoms with van der Waals surface area (Å²) in [4.78, 5) is 12.1. The molecule has 0 aliphatic rings. The first kappa shape index (κ1) is 13.5. The topological polar surface area (TPSA) is 75.3 Å². The predicted molar refractivity (Wildman–Crippen MR) is 68.8 cm³/mol. The molecule has 0 bridgehead atoms. The Morgan fingerprint density at radius 1 is 1.53 bits per heavy atom. The second-order valence-electron chi connectivity index (χ2n) is 4.55. The first-order chi connectivity index (χ1) is 7.93. The van der Waals surface area contributed by atoms with Gasteiger partial charge in [-0.3, -0.25) is 4.79 Å². The molecule has 0 aliphatic heterocycles. The molecule has 1 aromatic rings. The van der Waals surface area contributed by atoms with E-state index in [1.807, 2.05) is 20.8 Å². The van der Waals surface area contributed by atoms with Gasteiger partial charge in [-0.15, -0.1) is 0 Å². The molecule has 1 unspecified atom stereocenters. The number of aliphatic hydroxyl groups is 1. The van der Waals surface area contributed by atoms with Crippen LogP contribution in [0.4, 0.5) is 5.69 Å². The Hall–Kier alpha value is -1.55. The minimum atomic E-state index is -0.589. The molecule has 0 fully saturated rings. The SMILES string of the molecule is CCC(C)(CO)NC(=O)c1cccc(N)c1C. The summed E-state index contributed by atoms with van der Waals surface area (Å²) in [6, 6.07) is 5.24. The molecule has 0 saturated heterocycles. The summed E-state index contributed by atoms with van der Waals surface area (Å²) in [5.74, 6) is -0.201. The van der Waals surface area contributed by atoms with Crippen LogP contribution in [0, 0.1) is 6.92 Å². The van der Waals surface area contributed by atoms with Gasteiger partial charge >= 0.3 is 0 Å². The molecule has 0 heterocycles. The lowest BCUT2D eigenvalue weighted by Gasteiger charge is -2.27. The number of aliphatic hydroxyl groups excluding tert-OH is 1. The first-order valence-corrected chi connectivity index (χ1v) is 5.72. The summed E-state index contributed by atoms with van der Waals surface area (Å²) in [6.07, 6.45) is 0.663. The number of carbonyl (C=O) groups is 1. The summed E-state index contributed by atoms with van der Waals surface area (Å²) < 4.78 is 0. The van der Waals surface area contributed by atoms with Gasteiger partial charge in [0.05, 0.1) is 12.1 Å². The van der Waals surface area contributed by atoms with Gasteiger partial charge in [-0.1, -0.05) is 13.0 Å². The molecule has 0 spiro atoms. The van der Waals surface area contributed by atoms with E-state index >= 15 is 0 Å². The van der Waals surface area contributed by atoms with Crippen molar-refractivity contribution in [1.82, 2.24) is 5.32 Å². The Labute approximate surface area is 102 Å². The van der Waals surface area contributed by atoms with E-state index in [2.05, 4.69) is 5.32 Å². The highest BCUT2D eigenvalue weighted by Crippen LogP contribution is 2.17. The van der Waals surface area contributed by atoms with E-state index in [1.54, 1.807) is 18.2 Å². The lowest BCUT2D eigenvalue weighted by atomic mass is 9.98. The van der Waals surface area contributed by atoms with Crippen molar-refractivity contribution in [3.8, 4) is 0 Å². The minimum Gasteiger partial charge on any atom is -0.398 e. The summed E-state index contributed by atoms with van der Waals surface area (Å²) in [5, 5.41) is 12.1. The fourth-order valence-corrected chi connectivity index (χ4v) is 1.48. The van der Waals surface area contributed by atoms with Gasteiger partial charge in [0, 0.05) is 11.3 Å². The number of nitrogens with one attached hydrogen (secondary N) is 1. The zero-order chi connectivity index (χ0) is 13.1. The fourth-order valence-electron chi connectivity index (χ4n) is 1.48. The number of nitrogens with two attached hydrogens (primary N) is 1. The van der Waals surface area contributed by atoms with Crippen LogP contribution in [0.15, 0.2) is 18.2 Å². The van der Waals surface area contributed by atoms with Crippen LogP contribution in [0.25, 0.3) is 0 Å². The van der Waals surface area contributed by atoms with Gasteiger partial charge in [0.1, 0.15) is 0 Å². The maximum Gasteiger partial charge on any atom is 0.252 e. The second kappa shape index (κ2) is 5.19. The highest BCUT2D eigenvalue weighted by atomic mass is 16.3. The lowest BCUT2D eigenvalue weighted by Crippen LogP contribution is -2.48. The first-order valence-electron chi connectivity index (χ1n) is 5.72. The number of hydrogen-bond acceptors (Lipinski definition) is 3. The van der Waals surface area contributed by atoms with Crippen molar-refractivity contribution < 1.29 is 9.90 Å². The number of nitrogen functional groups attached to an aromatic ring is 1. The van der Waals surface area contributed by atoms with E-state index in [9.17, 15) is 9.90 Å². The Morgan fingerprint density at radius 2 is 2.18 bits per heavy atom. The Bertz CT molecular complexity index is 412. The third-order valence-electron chi connectivity index (χ3n) is 3.16. The number of benzene rings is 1. The van der Waals surface area contributed by atoms with Gasteiger partial charge in [0.2, 0.25) is 0 Å². The van der Waals surface area contributed by atoms with Gasteiger partial charge in [0.15, 0.2) is 0 Å². The van der Waals surface area contributed by atoms with Crippen molar-refractivity contribution in [2.75, 3.05) is 12.3 Å². The summed E-state index contributed by atoms with van der Waals surface area (Å²) in [6.45, 7) is 5.46. The van der Waals surface area contributed by atoms with Crippen LogP contribution in [0.1, 0.15) is 36.2 Å². The van der Waals surface area contributed by atoms with Crippen molar-refractivity contribution in [2.45, 2.75) is 32.7 Å². The maximum absolute atomic E-state index is 12.1. The summed E-state index contributed by atoms with van der Waals surface area (Å²) >= 11 is 0. The average Bonchev–Trinajstić information content (AvgIpc) is 2.32. The molecule has 1 aromatic carbocycles. The van der Waals surface area contributed by atoms with Crippen LogP contribution in [0.5, 0.6) is 0 Å². The van der Waals surface area contributed by atoms with E-state index in [4.69, 9.17) is 5.73 Å². The molecule has 4 heteroatoms. The molecule has 1 amide bonds. The average molecular weight is 236 g/mol. The monoisotopic (exact) mass is 236 g/mol. The number of anilines is 1. The summed E-state index contributed by atoms with van der Waals surface area (Å²) in [5.41, 5.74) is 7.08. The van der Waals surface area contributed by atoms with Gasteiger partial charge in [-0.25, -0.2) is 0 Å². The van der Waals surface area contributed by atoms with Crippen LogP contribution < -0.4 is 11.1 Å². The van der Waals surface area contributed by atoms with Gasteiger partial charge in [-0.2, -0.15) is 0 Å². The maximum atomic E-state index is 12.1. The number of amides is 1. The number of rotatable bonds is 4. The molecule has 0 aromatic heterocycles. The quantitative estimate of drug-likeness (QED) is 0.693. The molecule has 0 aliphatic carbocycles. The molecule has 4 nitrogen and oxygen atoms in total. The highest BCUT2D eigenvalue weighted by molar-refractivity contribution is 5.97. The smallest absolute Gasteiger partial charge is 0.252 e. The summed E-state index contributed by atoms with van der Waals surface area (Å²) in [7, 11) is 0. The van der Waals surface area contributed by atoms with E-state index in [1.165, 1.54) is 0 Å². The Kier molecular flexibility index (Phi) is 4.12. The zero-order valence-corrected chi connectivity index (χ0v) is 10.6. The molecule has 17 heavy (non-hydrogen) atoms. The molecule has 1 atom stereocenters. The van der Waals surface area contributed by atoms with Crippen LogP contribution in [-0.2, 0) is 0 Å². The molecule has 4 N–H and O–H groups in total. The number of carbonyl (C=O) groups excluding carboxylic acids is 1. The van der Waals surface area contributed by atoms with Gasteiger partial charge < -0.3 is 16.2 Å². The van der Waals surface area contributed by atoms with E-state index < -0.39 is 5.54 Å².